The Bertz CT molecular complexity index is 1110. The number of hydrogen-bond acceptors (Lipinski definition) is 7. The summed E-state index contributed by atoms with van der Waals surface area (Å²) in [5.41, 5.74) is 0.431. The molecule has 0 atom stereocenters. The number of halogens is 1. The molecule has 0 radical (unpaired) electrons. The van der Waals surface area contributed by atoms with E-state index in [-0.39, 0.29) is 10.5 Å². The molecule has 0 saturated heterocycles. The second kappa shape index (κ2) is 7.56. The highest BCUT2D eigenvalue weighted by molar-refractivity contribution is 7.71. The summed E-state index contributed by atoms with van der Waals surface area (Å²) in [6, 6.07) is 9.61. The second-order valence-corrected chi connectivity index (χ2v) is 6.03. The molecule has 0 bridgehead atoms. The number of hydrogen-bond donors (Lipinski definition) is 2. The van der Waals surface area contributed by atoms with Crippen molar-refractivity contribution in [3.05, 3.63) is 61.9 Å². The first-order chi connectivity index (χ1) is 12.9. The summed E-state index contributed by atoms with van der Waals surface area (Å²) >= 11 is 11.4. The average molecular weight is 406 g/mol. The van der Waals surface area contributed by atoms with E-state index in [0.29, 0.717) is 22.0 Å². The molecule has 0 unspecified atom stereocenters. The van der Waals surface area contributed by atoms with Gasteiger partial charge >= 0.3 is 5.69 Å². The summed E-state index contributed by atoms with van der Waals surface area (Å²) in [5.74, 6) is -0.230. The Morgan fingerprint density at radius 3 is 2.85 bits per heavy atom. The molecule has 3 rings (SSSR count). The van der Waals surface area contributed by atoms with E-state index in [1.54, 1.807) is 24.3 Å². The van der Waals surface area contributed by atoms with Crippen molar-refractivity contribution in [1.82, 2.24) is 14.9 Å². The van der Waals surface area contributed by atoms with Gasteiger partial charge in [-0.15, -0.1) is 0 Å². The van der Waals surface area contributed by atoms with Gasteiger partial charge < -0.3 is 9.84 Å². The van der Waals surface area contributed by atoms with Crippen LogP contribution in [0, 0.1) is 14.9 Å². The number of nitro groups is 1. The molecule has 0 fully saturated rings. The number of aromatic amines is 1. The van der Waals surface area contributed by atoms with Crippen molar-refractivity contribution in [2.24, 2.45) is 5.10 Å². The van der Waals surface area contributed by atoms with E-state index in [1.807, 2.05) is 0 Å². The standard InChI is InChI=1S/C16H12ClN5O4S/c1-26-13-7-9(6-12(14(13)23)22(24)25)8-18-21-15(19-20-16(21)27)10-4-2-3-5-11(10)17/h2-8,23H,1H3,(H,20,27)/b18-8-. The van der Waals surface area contributed by atoms with Crippen LogP contribution in [0.5, 0.6) is 11.5 Å². The third kappa shape index (κ3) is 3.66. The Balaban J connectivity index is 2.07. The van der Waals surface area contributed by atoms with Gasteiger partial charge in [0, 0.05) is 17.2 Å². The van der Waals surface area contributed by atoms with Gasteiger partial charge in [-0.1, -0.05) is 23.7 Å². The lowest BCUT2D eigenvalue weighted by molar-refractivity contribution is -0.386. The quantitative estimate of drug-likeness (QED) is 0.288. The molecule has 1 heterocycles. The van der Waals surface area contributed by atoms with Crippen LogP contribution in [-0.2, 0) is 0 Å². The van der Waals surface area contributed by atoms with Crippen LogP contribution in [0.4, 0.5) is 5.69 Å². The predicted octanol–water partition coefficient (Wildman–Crippen LogP) is 3.77. The number of phenolic OH excluding ortho intramolecular Hbond substituents is 1. The highest BCUT2D eigenvalue weighted by atomic mass is 35.5. The molecule has 0 saturated carbocycles. The summed E-state index contributed by atoms with van der Waals surface area (Å²) < 4.78 is 6.51. The van der Waals surface area contributed by atoms with Gasteiger partial charge in [-0.25, -0.2) is 5.10 Å². The maximum atomic E-state index is 11.1. The Morgan fingerprint density at radius 2 is 2.19 bits per heavy atom. The van der Waals surface area contributed by atoms with Crippen molar-refractivity contribution in [2.75, 3.05) is 7.11 Å². The van der Waals surface area contributed by atoms with Gasteiger partial charge in [0.25, 0.3) is 0 Å². The lowest BCUT2D eigenvalue weighted by Crippen LogP contribution is -1.97. The lowest BCUT2D eigenvalue weighted by atomic mass is 10.2. The summed E-state index contributed by atoms with van der Waals surface area (Å²) in [5, 5.41) is 32.4. The van der Waals surface area contributed by atoms with Gasteiger partial charge in [0.1, 0.15) is 0 Å². The number of benzene rings is 2. The minimum Gasteiger partial charge on any atom is -0.500 e. The Morgan fingerprint density at radius 1 is 1.44 bits per heavy atom. The van der Waals surface area contributed by atoms with Crippen molar-refractivity contribution >= 4 is 35.7 Å². The first kappa shape index (κ1) is 18.5. The smallest absolute Gasteiger partial charge is 0.315 e. The number of nitrogens with one attached hydrogen (secondary N) is 1. The highest BCUT2D eigenvalue weighted by Gasteiger charge is 2.19. The number of ether oxygens (including phenoxy) is 1. The fourth-order valence-electron chi connectivity index (χ4n) is 2.32. The van der Waals surface area contributed by atoms with Gasteiger partial charge in [-0.3, -0.25) is 10.1 Å². The van der Waals surface area contributed by atoms with Crippen LogP contribution in [0.15, 0.2) is 41.5 Å². The Hall–Kier alpha value is -3.24. The van der Waals surface area contributed by atoms with Crippen molar-refractivity contribution in [2.45, 2.75) is 0 Å². The van der Waals surface area contributed by atoms with Gasteiger partial charge in [0.05, 0.1) is 23.3 Å². The topological polar surface area (TPSA) is 119 Å². The fourth-order valence-corrected chi connectivity index (χ4v) is 2.72. The van der Waals surface area contributed by atoms with Crippen LogP contribution in [-0.4, -0.2) is 38.2 Å². The van der Waals surface area contributed by atoms with Crippen LogP contribution in [0.1, 0.15) is 5.56 Å². The number of aromatic hydroxyl groups is 1. The van der Waals surface area contributed by atoms with E-state index in [1.165, 1.54) is 30.1 Å². The van der Waals surface area contributed by atoms with Crippen molar-refractivity contribution in [3.8, 4) is 22.9 Å². The van der Waals surface area contributed by atoms with Gasteiger partial charge in [-0.2, -0.15) is 14.9 Å². The van der Waals surface area contributed by atoms with E-state index in [9.17, 15) is 15.2 Å². The summed E-state index contributed by atoms with van der Waals surface area (Å²) in [6.07, 6.45) is 1.33. The number of nitro benzene ring substituents is 1. The van der Waals surface area contributed by atoms with E-state index in [4.69, 9.17) is 28.6 Å². The molecule has 9 nitrogen and oxygen atoms in total. The number of aromatic nitrogens is 3. The van der Waals surface area contributed by atoms with Crippen molar-refractivity contribution in [1.29, 1.82) is 0 Å². The van der Waals surface area contributed by atoms with Crippen LogP contribution in [0.3, 0.4) is 0 Å². The maximum Gasteiger partial charge on any atom is 0.315 e. The van der Waals surface area contributed by atoms with E-state index in [2.05, 4.69) is 15.3 Å². The molecule has 3 aromatic rings. The molecule has 0 aliphatic rings. The highest BCUT2D eigenvalue weighted by Crippen LogP contribution is 2.36. The summed E-state index contributed by atoms with van der Waals surface area (Å²) in [7, 11) is 1.29. The lowest BCUT2D eigenvalue weighted by Gasteiger charge is -2.05. The summed E-state index contributed by atoms with van der Waals surface area (Å²) in [6.45, 7) is 0. The fraction of sp³-hybridized carbons (Fsp3) is 0.0625. The third-order valence-electron chi connectivity index (χ3n) is 3.58. The minimum absolute atomic E-state index is 0.0484. The zero-order valence-corrected chi connectivity index (χ0v) is 15.4. The SMILES string of the molecule is COc1cc(/C=N\n2c(-c3ccccc3Cl)n[nH]c2=S)cc([N+](=O)[O-])c1O. The first-order valence-corrected chi connectivity index (χ1v) is 8.23. The normalized spacial score (nSPS) is 11.0. The van der Waals surface area contributed by atoms with Crippen LogP contribution in [0.25, 0.3) is 11.4 Å². The molecule has 0 amide bonds. The molecule has 138 valence electrons. The van der Waals surface area contributed by atoms with E-state index in [0.717, 1.165) is 0 Å². The molecular weight excluding hydrogens is 394 g/mol. The van der Waals surface area contributed by atoms with Crippen LogP contribution < -0.4 is 4.74 Å². The monoisotopic (exact) mass is 405 g/mol. The van der Waals surface area contributed by atoms with Crippen molar-refractivity contribution < 1.29 is 14.8 Å². The summed E-state index contributed by atoms with van der Waals surface area (Å²) in [4.78, 5) is 10.4. The average Bonchev–Trinajstić information content (AvgIpc) is 3.01. The number of methoxy groups -OCH3 is 1. The van der Waals surface area contributed by atoms with Crippen molar-refractivity contribution in [3.63, 3.8) is 0 Å². The molecule has 1 aromatic heterocycles. The first-order valence-electron chi connectivity index (χ1n) is 7.44. The van der Waals surface area contributed by atoms with Gasteiger partial charge in [-0.05, 0) is 30.4 Å². The predicted molar refractivity (Wildman–Crippen MR) is 102 cm³/mol. The second-order valence-electron chi connectivity index (χ2n) is 5.24. The number of rotatable bonds is 5. The maximum absolute atomic E-state index is 11.1. The molecular formula is C16H12ClN5O4S. The van der Waals surface area contributed by atoms with Crippen LogP contribution >= 0.6 is 23.8 Å². The molecule has 11 heteroatoms. The number of H-pyrrole nitrogens is 1. The van der Waals surface area contributed by atoms with Gasteiger partial charge in [0.2, 0.25) is 10.5 Å². The van der Waals surface area contributed by atoms with E-state index >= 15 is 0 Å². The largest absolute Gasteiger partial charge is 0.500 e. The minimum atomic E-state index is -0.714. The molecule has 0 aliphatic carbocycles. The number of phenols is 1. The zero-order chi connectivity index (χ0) is 19.6. The zero-order valence-electron chi connectivity index (χ0n) is 13.8. The number of nitrogens with zero attached hydrogens (tertiary/aromatic N) is 4. The Labute approximate surface area is 162 Å². The Kier molecular flexibility index (Phi) is 5.19. The van der Waals surface area contributed by atoms with E-state index < -0.39 is 16.4 Å². The molecule has 2 aromatic carbocycles. The molecule has 27 heavy (non-hydrogen) atoms. The van der Waals surface area contributed by atoms with Gasteiger partial charge in [0.15, 0.2) is 11.6 Å². The van der Waals surface area contributed by atoms with Crippen LogP contribution in [0.2, 0.25) is 5.02 Å². The molecule has 0 spiro atoms. The molecule has 2 N–H and O–H groups in total. The third-order valence-corrected chi connectivity index (χ3v) is 4.18. The molecule has 0 aliphatic heterocycles.